The topological polar surface area (TPSA) is 61.8 Å². The van der Waals surface area contributed by atoms with Crippen molar-refractivity contribution < 1.29 is 23.8 Å². The fraction of sp³-hybridized carbons (Fsp3) is 0.357. The van der Waals surface area contributed by atoms with Crippen LogP contribution in [0.1, 0.15) is 62.5 Å². The Balaban J connectivity index is 1.57. The van der Waals surface area contributed by atoms with Gasteiger partial charge in [0.15, 0.2) is 23.1 Å². The van der Waals surface area contributed by atoms with E-state index in [2.05, 4.69) is 0 Å². The first-order valence-electron chi connectivity index (χ1n) is 12.0. The van der Waals surface area contributed by atoms with Crippen LogP contribution in [0.25, 0.3) is 0 Å². The van der Waals surface area contributed by atoms with Crippen molar-refractivity contribution in [1.82, 2.24) is 0 Å². The van der Waals surface area contributed by atoms with Gasteiger partial charge >= 0.3 is 0 Å². The van der Waals surface area contributed by atoms with E-state index >= 15 is 0 Å². The molecule has 0 atom stereocenters. The van der Waals surface area contributed by atoms with Gasteiger partial charge in [-0.3, -0.25) is 9.59 Å². The molecule has 0 radical (unpaired) electrons. The summed E-state index contributed by atoms with van der Waals surface area (Å²) in [6.07, 6.45) is 3.78. The molecule has 5 nitrogen and oxygen atoms in total. The van der Waals surface area contributed by atoms with Gasteiger partial charge in [-0.2, -0.15) is 0 Å². The first-order chi connectivity index (χ1) is 17.0. The average molecular weight is 513 g/mol. The molecule has 5 rings (SSSR count). The van der Waals surface area contributed by atoms with Crippen LogP contribution < -0.4 is 9.47 Å². The van der Waals surface area contributed by atoms with E-state index in [9.17, 15) is 9.59 Å². The molecule has 35 heavy (non-hydrogen) atoms. The summed E-state index contributed by atoms with van der Waals surface area (Å²) in [5, 5.41) is 0.981. The second kappa shape index (κ2) is 10.1. The van der Waals surface area contributed by atoms with Gasteiger partial charge < -0.3 is 14.2 Å². The van der Waals surface area contributed by atoms with E-state index in [1.165, 1.54) is 0 Å². The third kappa shape index (κ3) is 4.72. The minimum absolute atomic E-state index is 0.0246. The first kappa shape index (κ1) is 24.0. The molecule has 0 fully saturated rings. The number of carbonyl (C=O) groups is 2. The zero-order valence-corrected chi connectivity index (χ0v) is 21.0. The molecule has 2 aromatic rings. The Hall–Kier alpha value is -2.76. The fourth-order valence-corrected chi connectivity index (χ4v) is 5.58. The van der Waals surface area contributed by atoms with E-state index in [1.807, 2.05) is 31.2 Å². The summed E-state index contributed by atoms with van der Waals surface area (Å²) in [6.45, 7) is 2.55. The minimum atomic E-state index is -0.506. The number of carbonyl (C=O) groups excluding carboxylic acids is 2. The summed E-state index contributed by atoms with van der Waals surface area (Å²) in [6, 6.07) is 11.0. The van der Waals surface area contributed by atoms with E-state index in [-0.39, 0.29) is 18.2 Å². The molecule has 0 amide bonds. The number of rotatable bonds is 6. The number of ketones is 2. The van der Waals surface area contributed by atoms with Gasteiger partial charge in [0.2, 0.25) is 0 Å². The largest absolute Gasteiger partial charge is 0.490 e. The van der Waals surface area contributed by atoms with Crippen LogP contribution in [0.5, 0.6) is 11.5 Å². The lowest BCUT2D eigenvalue weighted by atomic mass is 9.73. The van der Waals surface area contributed by atoms with Crippen molar-refractivity contribution in [3.63, 3.8) is 0 Å². The first-order valence-corrected chi connectivity index (χ1v) is 12.8. The fourth-order valence-electron chi connectivity index (χ4n) is 5.09. The predicted octanol–water partition coefficient (Wildman–Crippen LogP) is 7.10. The third-order valence-corrected chi connectivity index (χ3v) is 7.09. The van der Waals surface area contributed by atoms with Crippen molar-refractivity contribution in [2.75, 3.05) is 6.61 Å². The summed E-state index contributed by atoms with van der Waals surface area (Å²) in [7, 11) is 0. The molecule has 7 heteroatoms. The van der Waals surface area contributed by atoms with Gasteiger partial charge in [-0.1, -0.05) is 35.3 Å². The number of Topliss-reactive ketones (excluding diaryl/α,β-unsaturated/α-hetero) is 2. The molecule has 0 bridgehead atoms. The number of benzene rings is 2. The maximum Gasteiger partial charge on any atom is 0.180 e. The maximum absolute atomic E-state index is 13.1. The molecule has 0 spiro atoms. The van der Waals surface area contributed by atoms with Crippen LogP contribution in [0.3, 0.4) is 0 Å². The van der Waals surface area contributed by atoms with Gasteiger partial charge in [-0.05, 0) is 55.2 Å². The van der Waals surface area contributed by atoms with Gasteiger partial charge in [0.25, 0.3) is 0 Å². The Morgan fingerprint density at radius 2 is 1.60 bits per heavy atom. The Labute approximate surface area is 214 Å². The highest BCUT2D eigenvalue weighted by atomic mass is 35.5. The van der Waals surface area contributed by atoms with E-state index in [0.717, 1.165) is 24.0 Å². The smallest absolute Gasteiger partial charge is 0.180 e. The van der Waals surface area contributed by atoms with Crippen LogP contribution in [-0.2, 0) is 20.9 Å². The standard InChI is InChI=1S/C28H26Cl2O5/c1-2-33-24-14-17(13-19(30)28(24)34-15-16-6-3-7-18(29)12-16)25-26-20(31)8-4-10-22(26)35-23-11-5-9-21(32)27(23)25/h3,6-7,12-14,25H,2,4-5,8-11,15H2,1H3. The summed E-state index contributed by atoms with van der Waals surface area (Å²) in [5.74, 6) is 1.81. The molecule has 2 aromatic carbocycles. The lowest BCUT2D eigenvalue weighted by Gasteiger charge is -2.36. The highest BCUT2D eigenvalue weighted by Gasteiger charge is 2.42. The van der Waals surface area contributed by atoms with Gasteiger partial charge in [0.05, 0.1) is 11.6 Å². The molecule has 2 aliphatic carbocycles. The molecule has 0 saturated carbocycles. The van der Waals surface area contributed by atoms with E-state index in [4.69, 9.17) is 37.4 Å². The van der Waals surface area contributed by atoms with Crippen LogP contribution in [0, 0.1) is 0 Å². The second-order valence-electron chi connectivity index (χ2n) is 8.94. The quantitative estimate of drug-likeness (QED) is 0.412. The maximum atomic E-state index is 13.1. The van der Waals surface area contributed by atoms with Crippen molar-refractivity contribution in [1.29, 1.82) is 0 Å². The molecule has 3 aliphatic rings. The zero-order valence-electron chi connectivity index (χ0n) is 19.5. The lowest BCUT2D eigenvalue weighted by molar-refractivity contribution is -0.117. The van der Waals surface area contributed by atoms with Crippen LogP contribution in [-0.4, -0.2) is 18.2 Å². The molecular formula is C28H26Cl2O5. The summed E-state index contributed by atoms with van der Waals surface area (Å²) >= 11 is 12.8. The number of halogens is 2. The summed E-state index contributed by atoms with van der Waals surface area (Å²) < 4.78 is 18.1. The highest BCUT2D eigenvalue weighted by Crippen LogP contribution is 2.50. The van der Waals surface area contributed by atoms with Crippen molar-refractivity contribution in [2.45, 2.75) is 58.0 Å². The second-order valence-corrected chi connectivity index (χ2v) is 9.79. The SMILES string of the molecule is CCOc1cc(C2C3=C(CCCC3=O)OC3=C2C(=O)CCC3)cc(Cl)c1OCc1cccc(Cl)c1. The number of hydrogen-bond acceptors (Lipinski definition) is 5. The monoisotopic (exact) mass is 512 g/mol. The Morgan fingerprint density at radius 1 is 0.914 bits per heavy atom. The third-order valence-electron chi connectivity index (χ3n) is 6.58. The normalized spacial score (nSPS) is 18.3. The lowest BCUT2D eigenvalue weighted by Crippen LogP contribution is -2.30. The van der Waals surface area contributed by atoms with Gasteiger partial charge in [-0.25, -0.2) is 0 Å². The van der Waals surface area contributed by atoms with E-state index in [1.54, 1.807) is 12.1 Å². The molecule has 0 saturated heterocycles. The molecule has 1 heterocycles. The van der Waals surface area contributed by atoms with Crippen LogP contribution in [0.2, 0.25) is 10.0 Å². The van der Waals surface area contributed by atoms with Crippen LogP contribution >= 0.6 is 23.2 Å². The summed E-state index contributed by atoms with van der Waals surface area (Å²) in [5.41, 5.74) is 2.80. The van der Waals surface area contributed by atoms with Crippen molar-refractivity contribution in [3.05, 3.63) is 80.2 Å². The Kier molecular flexibility index (Phi) is 6.90. The molecule has 1 aliphatic heterocycles. The number of allylic oxidation sites excluding steroid dienone is 4. The van der Waals surface area contributed by atoms with Crippen LogP contribution in [0.15, 0.2) is 59.1 Å². The van der Waals surface area contributed by atoms with Gasteiger partial charge in [-0.15, -0.1) is 0 Å². The summed E-state index contributed by atoms with van der Waals surface area (Å²) in [4.78, 5) is 26.1. The Morgan fingerprint density at radius 3 is 2.23 bits per heavy atom. The molecule has 0 N–H and O–H groups in total. The molecule has 0 unspecified atom stereocenters. The predicted molar refractivity (Wildman–Crippen MR) is 134 cm³/mol. The average Bonchev–Trinajstić information content (AvgIpc) is 2.83. The Bertz CT molecular complexity index is 1220. The zero-order chi connectivity index (χ0) is 24.5. The number of hydrogen-bond donors (Lipinski definition) is 0. The number of ether oxygens (including phenoxy) is 3. The van der Waals surface area contributed by atoms with Crippen molar-refractivity contribution >= 4 is 34.8 Å². The highest BCUT2D eigenvalue weighted by molar-refractivity contribution is 6.32. The van der Waals surface area contributed by atoms with Gasteiger partial charge in [0.1, 0.15) is 18.1 Å². The minimum Gasteiger partial charge on any atom is -0.490 e. The van der Waals surface area contributed by atoms with Crippen molar-refractivity contribution in [2.24, 2.45) is 0 Å². The molecule has 182 valence electrons. The van der Waals surface area contributed by atoms with Gasteiger partial charge in [0, 0.05) is 47.8 Å². The molecular weight excluding hydrogens is 487 g/mol. The van der Waals surface area contributed by atoms with E-state index < -0.39 is 5.92 Å². The van der Waals surface area contributed by atoms with Crippen molar-refractivity contribution in [3.8, 4) is 11.5 Å². The molecule has 0 aromatic heterocycles. The van der Waals surface area contributed by atoms with Crippen LogP contribution in [0.4, 0.5) is 0 Å². The van der Waals surface area contributed by atoms with E-state index in [0.29, 0.717) is 76.5 Å².